The van der Waals surface area contributed by atoms with Gasteiger partial charge in [0.25, 0.3) is 0 Å². The largest absolute Gasteiger partial charge is 0.310 e. The number of hydrogen-bond donors (Lipinski definition) is 0. The zero-order valence-corrected chi connectivity index (χ0v) is 42.5. The molecule has 75 heavy (non-hydrogen) atoms. The van der Waals surface area contributed by atoms with E-state index in [9.17, 15) is 0 Å². The summed E-state index contributed by atoms with van der Waals surface area (Å²) in [5, 5.41) is 2.53. The Kier molecular flexibility index (Phi) is 8.54. The number of hydrogen-bond acceptors (Lipinski definition) is 1. The van der Waals surface area contributed by atoms with Gasteiger partial charge in [0.1, 0.15) is 0 Å². The molecule has 0 unspecified atom stereocenters. The van der Waals surface area contributed by atoms with Crippen LogP contribution in [0.1, 0.15) is 72.2 Å². The summed E-state index contributed by atoms with van der Waals surface area (Å²) in [5.41, 5.74) is 30.1. The van der Waals surface area contributed by atoms with Crippen LogP contribution in [0.3, 0.4) is 0 Å². The van der Waals surface area contributed by atoms with Crippen molar-refractivity contribution in [3.63, 3.8) is 0 Å². The molecule has 0 N–H and O–H groups in total. The van der Waals surface area contributed by atoms with Crippen LogP contribution in [0.5, 0.6) is 0 Å². The summed E-state index contributed by atoms with van der Waals surface area (Å²) in [6.45, 7) is 9.52. The smallest absolute Gasteiger partial charge is 0.0726 e. The molecule has 16 rings (SSSR count). The van der Waals surface area contributed by atoms with Crippen molar-refractivity contribution in [1.29, 1.82) is 0 Å². The van der Waals surface area contributed by atoms with Gasteiger partial charge in [-0.25, -0.2) is 0 Å². The molecular formula is C73H52N2. The van der Waals surface area contributed by atoms with Crippen LogP contribution in [0.2, 0.25) is 0 Å². The minimum Gasteiger partial charge on any atom is -0.310 e. The Balaban J connectivity index is 0.892. The molecule has 11 aromatic carbocycles. The van der Waals surface area contributed by atoms with E-state index in [1.54, 1.807) is 0 Å². The van der Waals surface area contributed by atoms with Gasteiger partial charge in [-0.3, -0.25) is 0 Å². The van der Waals surface area contributed by atoms with Crippen LogP contribution in [0.15, 0.2) is 243 Å². The molecule has 1 aromatic heterocycles. The van der Waals surface area contributed by atoms with Gasteiger partial charge in [0.15, 0.2) is 0 Å². The highest BCUT2D eigenvalue weighted by Gasteiger charge is 2.52. The third kappa shape index (κ3) is 5.53. The molecule has 12 aromatic rings. The molecule has 2 heteroatoms. The highest BCUT2D eigenvalue weighted by molar-refractivity contribution is 6.13. The highest BCUT2D eigenvalue weighted by atomic mass is 15.1. The van der Waals surface area contributed by atoms with Gasteiger partial charge in [0, 0.05) is 44.2 Å². The number of fused-ring (bicyclic) bond motifs is 19. The van der Waals surface area contributed by atoms with E-state index in [1.807, 2.05) is 0 Å². The van der Waals surface area contributed by atoms with Gasteiger partial charge in [-0.2, -0.15) is 0 Å². The maximum absolute atomic E-state index is 2.54. The van der Waals surface area contributed by atoms with Crippen LogP contribution in [0.25, 0.3) is 83.1 Å². The fourth-order valence-corrected chi connectivity index (χ4v) is 14.6. The molecule has 4 aliphatic carbocycles. The zero-order chi connectivity index (χ0) is 50.0. The monoisotopic (exact) mass is 956 g/mol. The Morgan fingerprint density at radius 1 is 0.307 bits per heavy atom. The average molecular weight is 957 g/mol. The van der Waals surface area contributed by atoms with Crippen molar-refractivity contribution in [2.75, 3.05) is 4.90 Å². The second kappa shape index (κ2) is 15.1. The van der Waals surface area contributed by atoms with Crippen LogP contribution in [0, 0.1) is 0 Å². The van der Waals surface area contributed by atoms with E-state index in [4.69, 9.17) is 0 Å². The fraction of sp³-hybridized carbons (Fsp3) is 0.0959. The molecule has 4 aliphatic rings. The molecule has 2 nitrogen and oxygen atoms in total. The van der Waals surface area contributed by atoms with Crippen molar-refractivity contribution in [1.82, 2.24) is 4.57 Å². The van der Waals surface area contributed by atoms with Crippen molar-refractivity contribution in [2.24, 2.45) is 0 Å². The first-order valence-corrected chi connectivity index (χ1v) is 26.6. The van der Waals surface area contributed by atoms with Crippen molar-refractivity contribution in [3.05, 3.63) is 287 Å². The molecule has 1 spiro atoms. The van der Waals surface area contributed by atoms with Crippen LogP contribution in [0.4, 0.5) is 17.1 Å². The van der Waals surface area contributed by atoms with E-state index in [0.29, 0.717) is 0 Å². The van der Waals surface area contributed by atoms with E-state index in [2.05, 4.69) is 280 Å². The molecule has 0 saturated carbocycles. The van der Waals surface area contributed by atoms with Gasteiger partial charge < -0.3 is 9.47 Å². The summed E-state index contributed by atoms with van der Waals surface area (Å²) >= 11 is 0. The van der Waals surface area contributed by atoms with Crippen LogP contribution >= 0.6 is 0 Å². The molecule has 0 bridgehead atoms. The zero-order valence-electron chi connectivity index (χ0n) is 42.5. The standard InChI is InChI=1S/C73H52N2/c1-71(2)59-26-13-8-21-50(59)54-39-38-49(42-65(54)71)74(68-32-18-31-64-70(68)55-25-12-17-30-63(55)73(64)61-28-15-10-22-51(61)52-23-11-16-29-62(52)73)48-36-33-45(34-37-48)46-35-40-67-57(41-46)58-43-56-53-24-9-14-27-60(53)72(3,4)66(56)44-69(58)75(67)47-19-6-5-7-20-47/h5-44H,1-4H3. The molecule has 0 amide bonds. The number of benzene rings is 11. The van der Waals surface area contributed by atoms with Crippen molar-refractivity contribution < 1.29 is 0 Å². The number of nitrogens with zero attached hydrogens (tertiary/aromatic N) is 2. The molecule has 0 radical (unpaired) electrons. The lowest BCUT2D eigenvalue weighted by Crippen LogP contribution is -2.26. The summed E-state index contributed by atoms with van der Waals surface area (Å²) in [4.78, 5) is 2.54. The molecule has 0 atom stereocenters. The Morgan fingerprint density at radius 2 is 0.787 bits per heavy atom. The molecular weight excluding hydrogens is 905 g/mol. The number of anilines is 3. The summed E-state index contributed by atoms with van der Waals surface area (Å²) in [5.74, 6) is 0. The van der Waals surface area contributed by atoms with Crippen LogP contribution in [-0.2, 0) is 16.2 Å². The SMILES string of the molecule is CC1(C)c2ccccc2-c2ccc(N(c3ccc(-c4ccc5c(c4)c4cc6c(cc4n5-c4ccccc4)C(C)(C)c4ccccc4-6)cc3)c3cccc4c3-c3ccccc3C43c4ccccc4-c4ccccc43)cc21. The maximum atomic E-state index is 2.54. The van der Waals surface area contributed by atoms with Crippen LogP contribution in [-0.4, -0.2) is 4.57 Å². The van der Waals surface area contributed by atoms with E-state index in [1.165, 1.54) is 133 Å². The third-order valence-electron chi connectivity index (χ3n) is 18.0. The number of para-hydroxylation sites is 1. The molecule has 1 heterocycles. The molecule has 0 saturated heterocycles. The third-order valence-corrected chi connectivity index (χ3v) is 18.0. The number of aromatic nitrogens is 1. The van der Waals surface area contributed by atoms with Crippen molar-refractivity contribution in [2.45, 2.75) is 43.9 Å². The first kappa shape index (κ1) is 42.5. The van der Waals surface area contributed by atoms with Gasteiger partial charge in [0.05, 0.1) is 22.1 Å². The summed E-state index contributed by atoms with van der Waals surface area (Å²) in [6.07, 6.45) is 0. The van der Waals surface area contributed by atoms with Gasteiger partial charge >= 0.3 is 0 Å². The van der Waals surface area contributed by atoms with E-state index >= 15 is 0 Å². The van der Waals surface area contributed by atoms with E-state index in [0.717, 1.165) is 11.4 Å². The van der Waals surface area contributed by atoms with Gasteiger partial charge in [-0.05, 0) is 161 Å². The number of rotatable bonds is 5. The lowest BCUT2D eigenvalue weighted by Gasteiger charge is -2.32. The minimum absolute atomic E-state index is 0.0993. The lowest BCUT2D eigenvalue weighted by molar-refractivity contribution is 0.660. The highest BCUT2D eigenvalue weighted by Crippen LogP contribution is 2.65. The minimum atomic E-state index is -0.450. The quantitative estimate of drug-likeness (QED) is 0.167. The molecule has 0 fully saturated rings. The van der Waals surface area contributed by atoms with Crippen molar-refractivity contribution >= 4 is 38.9 Å². The Bertz CT molecular complexity index is 4370. The second-order valence-electron chi connectivity index (χ2n) is 22.4. The normalized spacial score (nSPS) is 15.0. The predicted octanol–water partition coefficient (Wildman–Crippen LogP) is 18.9. The van der Waals surface area contributed by atoms with E-state index < -0.39 is 5.41 Å². The Labute approximate surface area is 438 Å². The van der Waals surface area contributed by atoms with Gasteiger partial charge in [0.2, 0.25) is 0 Å². The van der Waals surface area contributed by atoms with Gasteiger partial charge in [-0.1, -0.05) is 204 Å². The van der Waals surface area contributed by atoms with Gasteiger partial charge in [-0.15, -0.1) is 0 Å². The topological polar surface area (TPSA) is 8.17 Å². The van der Waals surface area contributed by atoms with E-state index in [-0.39, 0.29) is 10.8 Å². The summed E-state index contributed by atoms with van der Waals surface area (Å²) in [7, 11) is 0. The van der Waals surface area contributed by atoms with Crippen molar-refractivity contribution in [3.8, 4) is 61.3 Å². The Hall–Kier alpha value is -8.98. The summed E-state index contributed by atoms with van der Waals surface area (Å²) in [6, 6.07) is 91.9. The lowest BCUT2D eigenvalue weighted by atomic mass is 9.70. The predicted molar refractivity (Wildman–Crippen MR) is 312 cm³/mol. The first-order valence-electron chi connectivity index (χ1n) is 26.6. The molecule has 0 aliphatic heterocycles. The second-order valence-corrected chi connectivity index (χ2v) is 22.4. The molecule has 354 valence electrons. The maximum Gasteiger partial charge on any atom is 0.0726 e. The summed E-state index contributed by atoms with van der Waals surface area (Å²) < 4.78 is 2.47. The average Bonchev–Trinajstić information content (AvgIpc) is 4.28. The fourth-order valence-electron chi connectivity index (χ4n) is 14.6. The Morgan fingerprint density at radius 3 is 1.44 bits per heavy atom. The first-order chi connectivity index (χ1) is 36.7. The van der Waals surface area contributed by atoms with Crippen LogP contribution < -0.4 is 4.90 Å².